The molecule has 0 saturated heterocycles. The maximum atomic E-state index is 12.1. The highest BCUT2D eigenvalue weighted by molar-refractivity contribution is 5.99. The highest BCUT2D eigenvalue weighted by atomic mass is 16.5. The molecule has 0 aliphatic heterocycles. The van der Waals surface area contributed by atoms with Gasteiger partial charge in [-0.15, -0.1) is 0 Å². The molecule has 2 aromatic carbocycles. The topological polar surface area (TPSA) is 118 Å². The molecule has 2 N–H and O–H groups in total. The minimum absolute atomic E-state index is 0.282. The summed E-state index contributed by atoms with van der Waals surface area (Å²) < 4.78 is 10.1. The molecule has 8 heteroatoms. The molecule has 144 valence electrons. The van der Waals surface area contributed by atoms with E-state index in [2.05, 4.69) is 10.6 Å². The average molecular weight is 381 g/mol. The Morgan fingerprint density at radius 2 is 1.79 bits per heavy atom. The van der Waals surface area contributed by atoms with Crippen LogP contribution in [0.2, 0.25) is 0 Å². The van der Waals surface area contributed by atoms with Crippen LogP contribution in [0.4, 0.5) is 5.69 Å². The summed E-state index contributed by atoms with van der Waals surface area (Å²) in [6, 6.07) is 14.8. The molecule has 0 spiro atoms. The molecule has 0 aliphatic carbocycles. The van der Waals surface area contributed by atoms with Crippen LogP contribution < -0.4 is 15.4 Å². The first-order valence-electron chi connectivity index (χ1n) is 8.36. The third-order valence-corrected chi connectivity index (χ3v) is 3.70. The van der Waals surface area contributed by atoms with Gasteiger partial charge in [0.15, 0.2) is 6.10 Å². The SMILES string of the molecule is COc1ccccc1C(=O)NCC(=O)O[C@@H](C)C(=O)Nc1ccc(C#N)cc1. The number of carbonyl (C=O) groups excluding carboxylic acids is 3. The number of para-hydroxylation sites is 1. The summed E-state index contributed by atoms with van der Waals surface area (Å²) in [6.45, 7) is 1.02. The van der Waals surface area contributed by atoms with E-state index in [4.69, 9.17) is 14.7 Å². The normalized spacial score (nSPS) is 10.9. The summed E-state index contributed by atoms with van der Waals surface area (Å²) in [5.74, 6) is -1.41. The molecule has 0 aromatic heterocycles. The van der Waals surface area contributed by atoms with Gasteiger partial charge < -0.3 is 20.1 Å². The van der Waals surface area contributed by atoms with Gasteiger partial charge in [0.05, 0.1) is 24.3 Å². The zero-order valence-corrected chi connectivity index (χ0v) is 15.4. The van der Waals surface area contributed by atoms with E-state index in [1.807, 2.05) is 6.07 Å². The monoisotopic (exact) mass is 381 g/mol. The molecular formula is C20H19N3O5. The molecule has 0 unspecified atom stereocenters. The molecule has 0 saturated carbocycles. The maximum absolute atomic E-state index is 12.1. The number of nitrogens with zero attached hydrogens (tertiary/aromatic N) is 1. The number of rotatable bonds is 7. The number of carbonyl (C=O) groups is 3. The van der Waals surface area contributed by atoms with Crippen molar-refractivity contribution in [3.63, 3.8) is 0 Å². The Kier molecular flexibility index (Phi) is 7.11. The Morgan fingerprint density at radius 3 is 2.43 bits per heavy atom. The zero-order chi connectivity index (χ0) is 20.5. The number of esters is 1. The molecule has 0 heterocycles. The van der Waals surface area contributed by atoms with E-state index in [-0.39, 0.29) is 5.56 Å². The highest BCUT2D eigenvalue weighted by Crippen LogP contribution is 2.16. The van der Waals surface area contributed by atoms with Crippen molar-refractivity contribution in [1.29, 1.82) is 5.26 Å². The highest BCUT2D eigenvalue weighted by Gasteiger charge is 2.19. The number of benzene rings is 2. The van der Waals surface area contributed by atoms with Crippen molar-refractivity contribution in [3.05, 3.63) is 59.7 Å². The number of amides is 2. The smallest absolute Gasteiger partial charge is 0.326 e. The van der Waals surface area contributed by atoms with E-state index in [9.17, 15) is 14.4 Å². The van der Waals surface area contributed by atoms with E-state index in [1.54, 1.807) is 48.5 Å². The molecule has 0 fully saturated rings. The van der Waals surface area contributed by atoms with Crippen molar-refractivity contribution >= 4 is 23.5 Å². The van der Waals surface area contributed by atoms with Gasteiger partial charge in [0, 0.05) is 5.69 Å². The van der Waals surface area contributed by atoms with Crippen molar-refractivity contribution in [1.82, 2.24) is 5.32 Å². The van der Waals surface area contributed by atoms with Crippen LogP contribution in [-0.2, 0) is 14.3 Å². The molecular weight excluding hydrogens is 362 g/mol. The first kappa shape index (κ1) is 20.5. The van der Waals surface area contributed by atoms with Crippen LogP contribution in [-0.4, -0.2) is 37.5 Å². The van der Waals surface area contributed by atoms with Gasteiger partial charge in [-0.3, -0.25) is 14.4 Å². The largest absolute Gasteiger partial charge is 0.496 e. The van der Waals surface area contributed by atoms with Gasteiger partial charge in [-0.05, 0) is 43.3 Å². The lowest BCUT2D eigenvalue weighted by Gasteiger charge is -2.14. The second kappa shape index (κ2) is 9.73. The molecule has 2 rings (SSSR count). The van der Waals surface area contributed by atoms with E-state index in [0.717, 1.165) is 0 Å². The number of nitrogens with one attached hydrogen (secondary N) is 2. The fourth-order valence-electron chi connectivity index (χ4n) is 2.24. The number of methoxy groups -OCH3 is 1. The number of nitriles is 1. The lowest BCUT2D eigenvalue weighted by atomic mass is 10.2. The summed E-state index contributed by atoms with van der Waals surface area (Å²) in [7, 11) is 1.44. The summed E-state index contributed by atoms with van der Waals surface area (Å²) in [4.78, 5) is 36.1. The van der Waals surface area contributed by atoms with Gasteiger partial charge in [0.25, 0.3) is 11.8 Å². The third kappa shape index (κ3) is 5.57. The Labute approximate surface area is 162 Å². The van der Waals surface area contributed by atoms with Crippen molar-refractivity contribution in [2.24, 2.45) is 0 Å². The lowest BCUT2D eigenvalue weighted by Crippen LogP contribution is -2.35. The molecule has 2 amide bonds. The number of ether oxygens (including phenoxy) is 2. The molecule has 1 atom stereocenters. The summed E-state index contributed by atoms with van der Waals surface area (Å²) >= 11 is 0. The quantitative estimate of drug-likeness (QED) is 0.707. The number of hydrogen-bond donors (Lipinski definition) is 2. The van der Waals surface area contributed by atoms with Gasteiger partial charge in [0.2, 0.25) is 0 Å². The molecule has 0 radical (unpaired) electrons. The van der Waals surface area contributed by atoms with Crippen LogP contribution in [0, 0.1) is 11.3 Å². The van der Waals surface area contributed by atoms with Crippen LogP contribution in [0.15, 0.2) is 48.5 Å². The molecule has 2 aromatic rings. The molecule has 0 aliphatic rings. The average Bonchev–Trinajstić information content (AvgIpc) is 2.72. The van der Waals surface area contributed by atoms with E-state index < -0.39 is 30.4 Å². The van der Waals surface area contributed by atoms with Gasteiger partial charge in [0.1, 0.15) is 12.3 Å². The number of anilines is 1. The minimum atomic E-state index is -1.06. The van der Waals surface area contributed by atoms with Crippen LogP contribution in [0.25, 0.3) is 0 Å². The summed E-state index contributed by atoms with van der Waals surface area (Å²) in [5.41, 5.74) is 1.21. The van der Waals surface area contributed by atoms with E-state index in [1.165, 1.54) is 14.0 Å². The Balaban J connectivity index is 1.83. The summed E-state index contributed by atoms with van der Waals surface area (Å²) in [6.07, 6.45) is -1.06. The first-order chi connectivity index (χ1) is 13.4. The maximum Gasteiger partial charge on any atom is 0.326 e. The van der Waals surface area contributed by atoms with Gasteiger partial charge in [-0.25, -0.2) is 0 Å². The predicted octanol–water partition coefficient (Wildman–Crippen LogP) is 1.87. The summed E-state index contributed by atoms with van der Waals surface area (Å²) in [5, 5.41) is 13.8. The standard InChI is InChI=1S/C20H19N3O5/c1-13(19(25)23-15-9-7-14(11-21)8-10-15)28-18(24)12-22-20(26)16-5-3-4-6-17(16)27-2/h3-10,13H,12H2,1-2H3,(H,22,26)(H,23,25)/t13-/m0/s1. The lowest BCUT2D eigenvalue weighted by molar-refractivity contribution is -0.152. The molecule has 0 bridgehead atoms. The van der Waals surface area contributed by atoms with E-state index >= 15 is 0 Å². The van der Waals surface area contributed by atoms with Crippen LogP contribution in [0.3, 0.4) is 0 Å². The molecule has 28 heavy (non-hydrogen) atoms. The van der Waals surface area contributed by atoms with Crippen LogP contribution >= 0.6 is 0 Å². The first-order valence-corrected chi connectivity index (χ1v) is 8.36. The second-order valence-corrected chi connectivity index (χ2v) is 5.69. The fourth-order valence-corrected chi connectivity index (χ4v) is 2.24. The van der Waals surface area contributed by atoms with Gasteiger partial charge in [-0.1, -0.05) is 12.1 Å². The Morgan fingerprint density at radius 1 is 1.11 bits per heavy atom. The zero-order valence-electron chi connectivity index (χ0n) is 15.4. The van der Waals surface area contributed by atoms with Crippen molar-refractivity contribution < 1.29 is 23.9 Å². The predicted molar refractivity (Wildman–Crippen MR) is 101 cm³/mol. The second-order valence-electron chi connectivity index (χ2n) is 5.69. The van der Waals surface area contributed by atoms with Crippen LogP contribution in [0.5, 0.6) is 5.75 Å². The van der Waals surface area contributed by atoms with Gasteiger partial charge >= 0.3 is 5.97 Å². The van der Waals surface area contributed by atoms with Crippen molar-refractivity contribution in [2.45, 2.75) is 13.0 Å². The van der Waals surface area contributed by atoms with Gasteiger partial charge in [-0.2, -0.15) is 5.26 Å². The van der Waals surface area contributed by atoms with Crippen molar-refractivity contribution in [2.75, 3.05) is 19.0 Å². The Hall–Kier alpha value is -3.86. The van der Waals surface area contributed by atoms with Crippen molar-refractivity contribution in [3.8, 4) is 11.8 Å². The third-order valence-electron chi connectivity index (χ3n) is 3.70. The molecule has 8 nitrogen and oxygen atoms in total. The minimum Gasteiger partial charge on any atom is -0.496 e. The number of hydrogen-bond acceptors (Lipinski definition) is 6. The Bertz CT molecular complexity index is 903. The van der Waals surface area contributed by atoms with E-state index in [0.29, 0.717) is 17.0 Å². The fraction of sp³-hybridized carbons (Fsp3) is 0.200. The van der Waals surface area contributed by atoms with Crippen LogP contribution in [0.1, 0.15) is 22.8 Å².